The predicted octanol–water partition coefficient (Wildman–Crippen LogP) is 4.09. The molecule has 0 atom stereocenters. The number of hydrogen-bond donors (Lipinski definition) is 1. The molecule has 1 saturated carbocycles. The summed E-state index contributed by atoms with van der Waals surface area (Å²) in [4.78, 5) is 4.89. The molecule has 0 spiro atoms. The number of H-pyrrole nitrogens is 1. The van der Waals surface area contributed by atoms with Crippen molar-refractivity contribution in [1.29, 1.82) is 0 Å². The lowest BCUT2D eigenvalue weighted by Gasteiger charge is -2.27. The quantitative estimate of drug-likeness (QED) is 0.544. The fourth-order valence-corrected chi connectivity index (χ4v) is 4.44. The molecule has 7 nitrogen and oxygen atoms in total. The van der Waals surface area contributed by atoms with Crippen molar-refractivity contribution in [2.75, 3.05) is 0 Å². The van der Waals surface area contributed by atoms with Gasteiger partial charge in [-0.25, -0.2) is 4.98 Å². The largest absolute Gasteiger partial charge is 0.490 e. The van der Waals surface area contributed by atoms with E-state index in [1.54, 1.807) is 0 Å². The van der Waals surface area contributed by atoms with Gasteiger partial charge in [0, 0.05) is 25.5 Å². The highest BCUT2D eigenvalue weighted by Gasteiger charge is 2.26. The summed E-state index contributed by atoms with van der Waals surface area (Å²) < 4.78 is 8.48. The molecule has 2 aromatic carbocycles. The standard InChI is InChI=1S/C23H26N6O/c1-15-4-3-5-16(12-15)13-22-24-20-14-19(10-11-21(20)29(22)2)30-18-8-6-17(7-9-18)23-25-27-28-26-23/h3-5,10-12,14,17-18H,6-9,13H2,1-2H3,(H,25,26,27,28). The lowest BCUT2D eigenvalue weighted by molar-refractivity contribution is 0.145. The molecule has 0 unspecified atom stereocenters. The van der Waals surface area contributed by atoms with E-state index in [4.69, 9.17) is 9.72 Å². The molecule has 154 valence electrons. The second-order valence-electron chi connectivity index (χ2n) is 8.26. The van der Waals surface area contributed by atoms with Gasteiger partial charge < -0.3 is 9.30 Å². The number of hydrogen-bond acceptors (Lipinski definition) is 5. The molecule has 4 aromatic rings. The van der Waals surface area contributed by atoms with E-state index in [1.807, 2.05) is 0 Å². The maximum absolute atomic E-state index is 6.30. The molecule has 0 radical (unpaired) electrons. The molecule has 30 heavy (non-hydrogen) atoms. The van der Waals surface area contributed by atoms with Crippen LogP contribution in [0.15, 0.2) is 42.5 Å². The van der Waals surface area contributed by atoms with Gasteiger partial charge >= 0.3 is 0 Å². The van der Waals surface area contributed by atoms with Crippen LogP contribution in [-0.2, 0) is 13.5 Å². The Morgan fingerprint density at radius 2 is 1.97 bits per heavy atom. The zero-order chi connectivity index (χ0) is 20.5. The van der Waals surface area contributed by atoms with Crippen LogP contribution in [0.25, 0.3) is 11.0 Å². The Morgan fingerprint density at radius 3 is 2.73 bits per heavy atom. The molecular formula is C23H26N6O. The van der Waals surface area contributed by atoms with E-state index < -0.39 is 0 Å². The van der Waals surface area contributed by atoms with Gasteiger partial charge in [0.15, 0.2) is 5.82 Å². The number of ether oxygens (including phenoxy) is 1. The first-order chi connectivity index (χ1) is 14.7. The Morgan fingerprint density at radius 1 is 1.10 bits per heavy atom. The summed E-state index contributed by atoms with van der Waals surface area (Å²) in [6.07, 6.45) is 5.09. The number of tetrazole rings is 1. The molecule has 7 heteroatoms. The van der Waals surface area contributed by atoms with E-state index in [9.17, 15) is 0 Å². The highest BCUT2D eigenvalue weighted by molar-refractivity contribution is 5.77. The summed E-state index contributed by atoms with van der Waals surface area (Å²) in [5.74, 6) is 3.16. The predicted molar refractivity (Wildman–Crippen MR) is 115 cm³/mol. The van der Waals surface area contributed by atoms with Crippen LogP contribution in [0.1, 0.15) is 54.4 Å². The van der Waals surface area contributed by atoms with E-state index in [0.717, 1.165) is 60.5 Å². The summed E-state index contributed by atoms with van der Waals surface area (Å²) >= 11 is 0. The van der Waals surface area contributed by atoms with Gasteiger partial charge in [0.25, 0.3) is 0 Å². The smallest absolute Gasteiger partial charge is 0.177 e. The number of rotatable bonds is 5. The number of aromatic amines is 1. The monoisotopic (exact) mass is 402 g/mol. The Balaban J connectivity index is 1.28. The molecule has 2 heterocycles. The van der Waals surface area contributed by atoms with E-state index in [0.29, 0.717) is 5.92 Å². The maximum Gasteiger partial charge on any atom is 0.177 e. The normalized spacial score (nSPS) is 19.3. The number of nitrogens with zero attached hydrogens (tertiary/aromatic N) is 5. The average Bonchev–Trinajstić information content (AvgIpc) is 3.38. The fourth-order valence-electron chi connectivity index (χ4n) is 4.44. The van der Waals surface area contributed by atoms with Crippen LogP contribution in [0.4, 0.5) is 0 Å². The SMILES string of the molecule is Cc1cccc(Cc2nc3cc(OC4CCC(c5nn[nH]n5)CC4)ccc3n2C)c1. The Bertz CT molecular complexity index is 1140. The molecule has 1 aliphatic carbocycles. The summed E-state index contributed by atoms with van der Waals surface area (Å²) in [5, 5.41) is 14.5. The Labute approximate surface area is 175 Å². The van der Waals surface area contributed by atoms with Crippen molar-refractivity contribution in [3.63, 3.8) is 0 Å². The molecule has 2 aromatic heterocycles. The minimum atomic E-state index is 0.223. The van der Waals surface area contributed by atoms with Gasteiger partial charge in [0.1, 0.15) is 11.6 Å². The molecular weight excluding hydrogens is 376 g/mol. The van der Waals surface area contributed by atoms with Crippen LogP contribution in [0, 0.1) is 6.92 Å². The third kappa shape index (κ3) is 3.79. The van der Waals surface area contributed by atoms with Gasteiger partial charge in [-0.05, 0) is 50.3 Å². The van der Waals surface area contributed by atoms with Crippen molar-refractivity contribution in [2.45, 2.75) is 51.0 Å². The summed E-state index contributed by atoms with van der Waals surface area (Å²) in [6.45, 7) is 2.12. The number of aryl methyl sites for hydroxylation is 2. The van der Waals surface area contributed by atoms with Crippen LogP contribution in [0.3, 0.4) is 0 Å². The minimum Gasteiger partial charge on any atom is -0.490 e. The van der Waals surface area contributed by atoms with Crippen molar-refractivity contribution in [3.8, 4) is 5.75 Å². The number of benzene rings is 2. The van der Waals surface area contributed by atoms with E-state index in [-0.39, 0.29) is 6.10 Å². The first kappa shape index (κ1) is 18.8. The Kier molecular flexibility index (Phi) is 4.94. The van der Waals surface area contributed by atoms with Crippen LogP contribution in [0.2, 0.25) is 0 Å². The second kappa shape index (κ2) is 7.89. The van der Waals surface area contributed by atoms with Crippen molar-refractivity contribution in [3.05, 3.63) is 65.2 Å². The van der Waals surface area contributed by atoms with Gasteiger partial charge in [-0.3, -0.25) is 0 Å². The second-order valence-corrected chi connectivity index (χ2v) is 8.26. The van der Waals surface area contributed by atoms with Crippen LogP contribution >= 0.6 is 0 Å². The number of imidazole rings is 1. The number of nitrogens with one attached hydrogen (secondary N) is 1. The molecule has 1 N–H and O–H groups in total. The molecule has 0 saturated heterocycles. The third-order valence-corrected chi connectivity index (χ3v) is 6.09. The minimum absolute atomic E-state index is 0.223. The maximum atomic E-state index is 6.30. The first-order valence-electron chi connectivity index (χ1n) is 10.6. The lowest BCUT2D eigenvalue weighted by atomic mass is 9.87. The van der Waals surface area contributed by atoms with Crippen LogP contribution in [-0.4, -0.2) is 36.3 Å². The third-order valence-electron chi connectivity index (χ3n) is 6.09. The summed E-state index contributed by atoms with van der Waals surface area (Å²) in [6, 6.07) is 14.9. The van der Waals surface area contributed by atoms with E-state index in [2.05, 4.69) is 81.6 Å². The van der Waals surface area contributed by atoms with Crippen LogP contribution in [0.5, 0.6) is 5.75 Å². The van der Waals surface area contributed by atoms with E-state index >= 15 is 0 Å². The zero-order valence-electron chi connectivity index (χ0n) is 17.4. The molecule has 0 amide bonds. The molecule has 5 rings (SSSR count). The van der Waals surface area contributed by atoms with Crippen molar-refractivity contribution in [2.24, 2.45) is 7.05 Å². The molecule has 1 aliphatic rings. The zero-order valence-corrected chi connectivity index (χ0v) is 17.4. The number of aromatic nitrogens is 6. The molecule has 1 fully saturated rings. The average molecular weight is 403 g/mol. The molecule has 0 aliphatic heterocycles. The van der Waals surface area contributed by atoms with Gasteiger partial charge in [-0.15, -0.1) is 10.2 Å². The van der Waals surface area contributed by atoms with Gasteiger partial charge in [0.05, 0.1) is 17.1 Å². The lowest BCUT2D eigenvalue weighted by Crippen LogP contribution is -2.23. The fraction of sp³-hybridized carbons (Fsp3) is 0.391. The summed E-state index contributed by atoms with van der Waals surface area (Å²) in [7, 11) is 2.08. The topological polar surface area (TPSA) is 81.5 Å². The van der Waals surface area contributed by atoms with E-state index in [1.165, 1.54) is 11.1 Å². The van der Waals surface area contributed by atoms with Gasteiger partial charge in [-0.2, -0.15) is 5.21 Å². The highest BCUT2D eigenvalue weighted by Crippen LogP contribution is 2.33. The van der Waals surface area contributed by atoms with Gasteiger partial charge in [-0.1, -0.05) is 35.0 Å². The molecule has 0 bridgehead atoms. The van der Waals surface area contributed by atoms with Crippen molar-refractivity contribution < 1.29 is 4.74 Å². The van der Waals surface area contributed by atoms with Gasteiger partial charge in [0.2, 0.25) is 0 Å². The van der Waals surface area contributed by atoms with Crippen molar-refractivity contribution in [1.82, 2.24) is 30.2 Å². The Hall–Kier alpha value is -3.22. The number of fused-ring (bicyclic) bond motifs is 1. The first-order valence-corrected chi connectivity index (χ1v) is 10.6. The summed E-state index contributed by atoms with van der Waals surface area (Å²) in [5.41, 5.74) is 4.67. The van der Waals surface area contributed by atoms with Crippen LogP contribution < -0.4 is 4.74 Å². The van der Waals surface area contributed by atoms with Crippen molar-refractivity contribution >= 4 is 11.0 Å². The highest BCUT2D eigenvalue weighted by atomic mass is 16.5.